The maximum atomic E-state index is 13.8. The average Bonchev–Trinajstić information content (AvgIpc) is 3.19. The van der Waals surface area contributed by atoms with Crippen molar-refractivity contribution < 1.29 is 23.9 Å². The normalized spacial score (nSPS) is 17.8. The molecule has 2 amide bonds. The summed E-state index contributed by atoms with van der Waals surface area (Å²) >= 11 is 0. The highest BCUT2D eigenvalue weighted by atomic mass is 16.5. The predicted octanol–water partition coefficient (Wildman–Crippen LogP) is 2.64. The Bertz CT molecular complexity index is 1060. The second-order valence-electron chi connectivity index (χ2n) is 8.72. The number of aryl methyl sites for hydroxylation is 1. The third kappa shape index (κ3) is 4.64. The van der Waals surface area contributed by atoms with E-state index in [0.717, 1.165) is 11.1 Å². The third-order valence-corrected chi connectivity index (χ3v) is 5.96. The lowest BCUT2D eigenvalue weighted by molar-refractivity contribution is -0.126. The highest BCUT2D eigenvalue weighted by molar-refractivity contribution is 6.15. The van der Waals surface area contributed by atoms with Gasteiger partial charge in [0.05, 0.1) is 26.1 Å². The summed E-state index contributed by atoms with van der Waals surface area (Å²) in [5.74, 6) is -1.47. The van der Waals surface area contributed by atoms with E-state index in [1.807, 2.05) is 45.9 Å². The van der Waals surface area contributed by atoms with Crippen LogP contribution in [0.3, 0.4) is 0 Å². The van der Waals surface area contributed by atoms with Gasteiger partial charge in [-0.05, 0) is 58.2 Å². The molecule has 1 aromatic heterocycles. The van der Waals surface area contributed by atoms with E-state index in [-0.39, 0.29) is 29.9 Å². The molecule has 1 aromatic carbocycles. The summed E-state index contributed by atoms with van der Waals surface area (Å²) in [4.78, 5) is 45.1. The molecule has 3 rings (SSSR count). The number of nitrogens with one attached hydrogen (secondary N) is 1. The van der Waals surface area contributed by atoms with Crippen molar-refractivity contribution in [1.29, 1.82) is 0 Å². The van der Waals surface area contributed by atoms with Crippen molar-refractivity contribution in [3.63, 3.8) is 0 Å². The number of ether oxygens (including phenoxy) is 2. The van der Waals surface area contributed by atoms with Gasteiger partial charge in [-0.3, -0.25) is 14.5 Å². The standard InChI is InChI=1S/C24H32N4O5/c1-15(2)33-12-8-11-25-23(31)24(5)13-27-14-26-19(22(30)32-6)20(27)21(29)28(24)18-10-7-9-16(3)17(18)4/h7,9-10,14-15H,8,11-13H2,1-6H3,(H,25,31). The lowest BCUT2D eigenvalue weighted by Crippen LogP contribution is -2.64. The van der Waals surface area contributed by atoms with Crippen molar-refractivity contribution in [2.75, 3.05) is 25.2 Å². The van der Waals surface area contributed by atoms with Crippen LogP contribution in [0.5, 0.6) is 0 Å². The van der Waals surface area contributed by atoms with Crippen molar-refractivity contribution in [1.82, 2.24) is 14.9 Å². The third-order valence-electron chi connectivity index (χ3n) is 5.96. The van der Waals surface area contributed by atoms with Crippen molar-refractivity contribution in [2.45, 2.75) is 59.2 Å². The zero-order valence-corrected chi connectivity index (χ0v) is 20.1. The number of anilines is 1. The largest absolute Gasteiger partial charge is 0.464 e. The minimum Gasteiger partial charge on any atom is -0.464 e. The highest BCUT2D eigenvalue weighted by Gasteiger charge is 2.50. The van der Waals surface area contributed by atoms with Crippen LogP contribution in [-0.2, 0) is 20.8 Å². The molecule has 0 fully saturated rings. The molecular weight excluding hydrogens is 424 g/mol. The number of esters is 1. The van der Waals surface area contributed by atoms with Crippen LogP contribution in [-0.4, -0.2) is 59.2 Å². The molecule has 0 saturated carbocycles. The topological polar surface area (TPSA) is 103 Å². The summed E-state index contributed by atoms with van der Waals surface area (Å²) in [5, 5.41) is 2.95. The molecule has 1 N–H and O–H groups in total. The molecule has 1 aliphatic rings. The maximum Gasteiger partial charge on any atom is 0.359 e. The van der Waals surface area contributed by atoms with Crippen molar-refractivity contribution in [2.24, 2.45) is 0 Å². The molecule has 33 heavy (non-hydrogen) atoms. The minimum absolute atomic E-state index is 0.0638. The van der Waals surface area contributed by atoms with Crippen molar-refractivity contribution in [3.8, 4) is 0 Å². The molecule has 1 unspecified atom stereocenters. The smallest absolute Gasteiger partial charge is 0.359 e. The van der Waals surface area contributed by atoms with Gasteiger partial charge < -0.3 is 19.4 Å². The van der Waals surface area contributed by atoms with Crippen LogP contribution >= 0.6 is 0 Å². The van der Waals surface area contributed by atoms with E-state index in [1.54, 1.807) is 11.5 Å². The Morgan fingerprint density at radius 1 is 1.27 bits per heavy atom. The van der Waals surface area contributed by atoms with Crippen LogP contribution in [0.1, 0.15) is 59.3 Å². The molecule has 0 bridgehead atoms. The molecular formula is C24H32N4O5. The second kappa shape index (κ2) is 9.74. The SMILES string of the molecule is COC(=O)c1ncn2c1C(=O)N(c1cccc(C)c1C)C(C)(C(=O)NCCCOC(C)C)C2. The summed E-state index contributed by atoms with van der Waals surface area (Å²) in [7, 11) is 1.24. The van der Waals surface area contributed by atoms with E-state index in [1.165, 1.54) is 18.3 Å². The zero-order chi connectivity index (χ0) is 24.3. The fourth-order valence-electron chi connectivity index (χ4n) is 4.01. The maximum absolute atomic E-state index is 13.8. The van der Waals surface area contributed by atoms with Crippen LogP contribution in [0.4, 0.5) is 5.69 Å². The van der Waals surface area contributed by atoms with Crippen LogP contribution < -0.4 is 10.2 Å². The van der Waals surface area contributed by atoms with Gasteiger partial charge in [-0.1, -0.05) is 12.1 Å². The fraction of sp³-hybridized carbons (Fsp3) is 0.500. The Kier molecular flexibility index (Phi) is 7.22. The molecule has 178 valence electrons. The van der Waals surface area contributed by atoms with Gasteiger partial charge in [0.1, 0.15) is 11.2 Å². The van der Waals surface area contributed by atoms with Gasteiger partial charge in [-0.25, -0.2) is 9.78 Å². The number of methoxy groups -OCH3 is 1. The predicted molar refractivity (Wildman–Crippen MR) is 123 cm³/mol. The first kappa shape index (κ1) is 24.4. The summed E-state index contributed by atoms with van der Waals surface area (Å²) in [5.41, 5.74) is 1.28. The van der Waals surface area contributed by atoms with Crippen LogP contribution in [0, 0.1) is 13.8 Å². The number of aromatic nitrogens is 2. The van der Waals surface area contributed by atoms with Gasteiger partial charge in [-0.15, -0.1) is 0 Å². The van der Waals surface area contributed by atoms with Gasteiger partial charge in [0.15, 0.2) is 5.69 Å². The average molecular weight is 457 g/mol. The van der Waals surface area contributed by atoms with Gasteiger partial charge >= 0.3 is 5.97 Å². The van der Waals surface area contributed by atoms with Crippen LogP contribution in [0.15, 0.2) is 24.5 Å². The molecule has 0 aliphatic carbocycles. The Hall–Kier alpha value is -3.20. The van der Waals surface area contributed by atoms with Crippen molar-refractivity contribution >= 4 is 23.5 Å². The van der Waals surface area contributed by atoms with E-state index in [0.29, 0.717) is 25.3 Å². The number of fused-ring (bicyclic) bond motifs is 1. The van der Waals surface area contributed by atoms with Crippen LogP contribution in [0.25, 0.3) is 0 Å². The number of carbonyl (C=O) groups excluding carboxylic acids is 3. The Morgan fingerprint density at radius 3 is 2.67 bits per heavy atom. The Balaban J connectivity index is 2.00. The molecule has 2 heterocycles. The molecule has 0 radical (unpaired) electrons. The summed E-state index contributed by atoms with van der Waals surface area (Å²) in [6.07, 6.45) is 2.18. The minimum atomic E-state index is -1.24. The first-order valence-electron chi connectivity index (χ1n) is 11.1. The monoisotopic (exact) mass is 456 g/mol. The number of rotatable bonds is 8. The molecule has 0 spiro atoms. The number of benzene rings is 1. The number of hydrogen-bond acceptors (Lipinski definition) is 6. The van der Waals surface area contributed by atoms with Crippen LogP contribution in [0.2, 0.25) is 0 Å². The first-order valence-corrected chi connectivity index (χ1v) is 11.1. The lowest BCUT2D eigenvalue weighted by Gasteiger charge is -2.44. The fourth-order valence-corrected chi connectivity index (χ4v) is 4.01. The zero-order valence-electron chi connectivity index (χ0n) is 20.1. The van der Waals surface area contributed by atoms with Gasteiger partial charge in [-0.2, -0.15) is 0 Å². The number of hydrogen-bond donors (Lipinski definition) is 1. The van der Waals surface area contributed by atoms with Gasteiger partial charge in [0.25, 0.3) is 5.91 Å². The van der Waals surface area contributed by atoms with E-state index in [4.69, 9.17) is 9.47 Å². The summed E-state index contributed by atoms with van der Waals surface area (Å²) in [6, 6.07) is 5.61. The molecule has 1 atom stereocenters. The molecule has 2 aromatic rings. The molecule has 0 saturated heterocycles. The lowest BCUT2D eigenvalue weighted by atomic mass is 9.92. The van der Waals surface area contributed by atoms with E-state index in [9.17, 15) is 14.4 Å². The Labute approximate surface area is 194 Å². The van der Waals surface area contributed by atoms with E-state index >= 15 is 0 Å². The number of carbonyl (C=O) groups is 3. The molecule has 9 nitrogen and oxygen atoms in total. The van der Waals surface area contributed by atoms with Gasteiger partial charge in [0, 0.05) is 18.8 Å². The number of amides is 2. The second-order valence-corrected chi connectivity index (χ2v) is 8.72. The number of nitrogens with zero attached hydrogens (tertiary/aromatic N) is 3. The molecule has 9 heteroatoms. The Morgan fingerprint density at radius 2 is 2.00 bits per heavy atom. The summed E-state index contributed by atoms with van der Waals surface area (Å²) < 4.78 is 11.9. The highest BCUT2D eigenvalue weighted by Crippen LogP contribution is 2.36. The first-order chi connectivity index (χ1) is 15.6. The summed E-state index contributed by atoms with van der Waals surface area (Å²) in [6.45, 7) is 10.6. The van der Waals surface area contributed by atoms with Crippen molar-refractivity contribution in [3.05, 3.63) is 47.0 Å². The van der Waals surface area contributed by atoms with E-state index < -0.39 is 17.4 Å². The quantitative estimate of drug-likeness (QED) is 0.484. The molecule has 1 aliphatic heterocycles. The van der Waals surface area contributed by atoms with E-state index in [2.05, 4.69) is 10.3 Å². The number of imidazole rings is 1. The van der Waals surface area contributed by atoms with Gasteiger partial charge in [0.2, 0.25) is 5.91 Å².